The van der Waals surface area contributed by atoms with E-state index in [0.29, 0.717) is 34.6 Å². The van der Waals surface area contributed by atoms with Gasteiger partial charge in [-0.15, -0.1) is 22.7 Å². The number of carbonyl (C=O) groups is 1. The van der Waals surface area contributed by atoms with E-state index in [4.69, 9.17) is 9.72 Å². The number of ketones is 1. The highest BCUT2D eigenvalue weighted by Crippen LogP contribution is 2.33. The van der Waals surface area contributed by atoms with Gasteiger partial charge in [0, 0.05) is 34.9 Å². The van der Waals surface area contributed by atoms with Crippen molar-refractivity contribution in [2.24, 2.45) is 0 Å². The Labute approximate surface area is 182 Å². The lowest BCUT2D eigenvalue weighted by Gasteiger charge is -2.13. The maximum atomic E-state index is 13.5. The minimum atomic E-state index is -0.173. The van der Waals surface area contributed by atoms with Crippen molar-refractivity contribution < 1.29 is 9.53 Å². The molecule has 1 aromatic carbocycles. The summed E-state index contributed by atoms with van der Waals surface area (Å²) >= 11 is 3.04. The van der Waals surface area contributed by atoms with Gasteiger partial charge in [0.2, 0.25) is 0 Å². The summed E-state index contributed by atoms with van der Waals surface area (Å²) in [6.45, 7) is 4.38. The molecule has 3 aromatic heterocycles. The molecule has 3 heterocycles. The number of fused-ring (bicyclic) bond motifs is 1. The molecule has 0 aliphatic heterocycles. The fourth-order valence-corrected chi connectivity index (χ4v) is 5.15. The average molecular weight is 439 g/mol. The fourth-order valence-electron chi connectivity index (χ4n) is 3.38. The van der Waals surface area contributed by atoms with Crippen LogP contribution in [-0.4, -0.2) is 29.1 Å². The Morgan fingerprint density at radius 2 is 2.00 bits per heavy atom. The standard InChI is InChI=1S/C23H22N2O3S2/c1-14-6-7-16(11-15(14)2)18(26)12-25-20(8-9-28-3)24-22-21(23(25)27)17(13-30-22)19-5-4-10-29-19/h4-7,10-11,13H,8-9,12H2,1-3H3. The Kier molecular flexibility index (Phi) is 5.94. The van der Waals surface area contributed by atoms with E-state index in [2.05, 4.69) is 0 Å². The van der Waals surface area contributed by atoms with Gasteiger partial charge in [-0.25, -0.2) is 4.98 Å². The molecule has 0 aliphatic rings. The predicted octanol–water partition coefficient (Wildman–Crippen LogP) is 4.88. The van der Waals surface area contributed by atoms with E-state index in [0.717, 1.165) is 21.6 Å². The molecule has 4 rings (SSSR count). The number of Topliss-reactive ketones (excluding diaryl/α,β-unsaturated/α-hetero) is 1. The van der Waals surface area contributed by atoms with Gasteiger partial charge in [-0.1, -0.05) is 18.2 Å². The number of thiophene rings is 2. The van der Waals surface area contributed by atoms with E-state index in [1.54, 1.807) is 18.4 Å². The van der Waals surface area contributed by atoms with Crippen molar-refractivity contribution >= 4 is 38.7 Å². The number of ether oxygens (including phenoxy) is 1. The molecule has 4 aromatic rings. The maximum Gasteiger partial charge on any atom is 0.263 e. The van der Waals surface area contributed by atoms with Crippen LogP contribution in [0.3, 0.4) is 0 Å². The second-order valence-corrected chi connectivity index (χ2v) is 9.00. The number of methoxy groups -OCH3 is 1. The second kappa shape index (κ2) is 8.63. The SMILES string of the molecule is COCCc1nc2scc(-c3cccs3)c2c(=O)n1CC(=O)c1ccc(C)c(C)c1. The molecule has 0 radical (unpaired) electrons. The number of carbonyl (C=O) groups excluding carboxylic acids is 1. The molecule has 0 aliphatic carbocycles. The Morgan fingerprint density at radius 1 is 1.17 bits per heavy atom. The molecule has 0 fully saturated rings. The topological polar surface area (TPSA) is 61.2 Å². The van der Waals surface area contributed by atoms with Crippen molar-refractivity contribution in [2.45, 2.75) is 26.8 Å². The minimum Gasteiger partial charge on any atom is -0.384 e. The van der Waals surface area contributed by atoms with Crippen molar-refractivity contribution in [1.29, 1.82) is 0 Å². The number of nitrogens with zero attached hydrogens (tertiary/aromatic N) is 2. The number of hydrogen-bond donors (Lipinski definition) is 0. The van der Waals surface area contributed by atoms with E-state index in [9.17, 15) is 9.59 Å². The summed E-state index contributed by atoms with van der Waals surface area (Å²) in [5.74, 6) is 0.471. The molecule has 154 valence electrons. The molecule has 7 heteroatoms. The van der Waals surface area contributed by atoms with Crippen LogP contribution in [0.2, 0.25) is 0 Å². The van der Waals surface area contributed by atoms with Crippen LogP contribution in [0.15, 0.2) is 45.9 Å². The lowest BCUT2D eigenvalue weighted by Crippen LogP contribution is -2.29. The van der Waals surface area contributed by atoms with Gasteiger partial charge >= 0.3 is 0 Å². The van der Waals surface area contributed by atoms with Gasteiger partial charge in [0.25, 0.3) is 5.56 Å². The second-order valence-electron chi connectivity index (χ2n) is 7.19. The van der Waals surface area contributed by atoms with Crippen molar-refractivity contribution in [3.8, 4) is 10.4 Å². The lowest BCUT2D eigenvalue weighted by molar-refractivity contribution is 0.0968. The van der Waals surface area contributed by atoms with E-state index in [1.807, 2.05) is 54.9 Å². The van der Waals surface area contributed by atoms with E-state index >= 15 is 0 Å². The molecule has 5 nitrogen and oxygen atoms in total. The zero-order valence-corrected chi connectivity index (χ0v) is 18.7. The maximum absolute atomic E-state index is 13.5. The fraction of sp³-hybridized carbons (Fsp3) is 0.261. The van der Waals surface area contributed by atoms with Gasteiger partial charge in [-0.3, -0.25) is 14.2 Å². The summed E-state index contributed by atoms with van der Waals surface area (Å²) in [5.41, 5.74) is 3.50. The summed E-state index contributed by atoms with van der Waals surface area (Å²) < 4.78 is 6.72. The summed E-state index contributed by atoms with van der Waals surface area (Å²) in [6.07, 6.45) is 0.466. The quantitative estimate of drug-likeness (QED) is 0.386. The molecule has 0 spiro atoms. The molecule has 0 bridgehead atoms. The van der Waals surface area contributed by atoms with Crippen LogP contribution in [0.4, 0.5) is 0 Å². The molecular weight excluding hydrogens is 416 g/mol. The molecule has 0 saturated heterocycles. The van der Waals surface area contributed by atoms with Crippen molar-refractivity contribution in [1.82, 2.24) is 9.55 Å². The average Bonchev–Trinajstić information content (AvgIpc) is 3.40. The minimum absolute atomic E-state index is 0.0386. The highest BCUT2D eigenvalue weighted by atomic mass is 32.1. The number of rotatable bonds is 7. The first-order chi connectivity index (χ1) is 14.5. The summed E-state index contributed by atoms with van der Waals surface area (Å²) in [4.78, 5) is 33.0. The van der Waals surface area contributed by atoms with E-state index in [1.165, 1.54) is 15.9 Å². The number of benzene rings is 1. The van der Waals surface area contributed by atoms with Gasteiger partial charge in [0.05, 0.1) is 18.5 Å². The first-order valence-electron chi connectivity index (χ1n) is 9.63. The van der Waals surface area contributed by atoms with Crippen LogP contribution in [0.1, 0.15) is 27.3 Å². The Bertz CT molecular complexity index is 1270. The predicted molar refractivity (Wildman–Crippen MR) is 123 cm³/mol. The Hall–Kier alpha value is -2.61. The van der Waals surface area contributed by atoms with Gasteiger partial charge in [0.1, 0.15) is 10.7 Å². The van der Waals surface area contributed by atoms with Crippen molar-refractivity contribution in [3.05, 3.63) is 74.0 Å². The van der Waals surface area contributed by atoms with Crippen LogP contribution >= 0.6 is 22.7 Å². The van der Waals surface area contributed by atoms with Crippen LogP contribution in [-0.2, 0) is 17.7 Å². The van der Waals surface area contributed by atoms with Crippen molar-refractivity contribution in [2.75, 3.05) is 13.7 Å². The third kappa shape index (κ3) is 3.88. The van der Waals surface area contributed by atoms with Gasteiger partial charge in [0.15, 0.2) is 5.78 Å². The first kappa shape index (κ1) is 20.7. The number of aromatic nitrogens is 2. The normalized spacial score (nSPS) is 11.3. The zero-order valence-electron chi connectivity index (χ0n) is 17.1. The summed E-state index contributed by atoms with van der Waals surface area (Å²) in [5, 5.41) is 4.54. The molecule has 0 amide bonds. The monoisotopic (exact) mass is 438 g/mol. The van der Waals surface area contributed by atoms with E-state index in [-0.39, 0.29) is 17.9 Å². The van der Waals surface area contributed by atoms with E-state index < -0.39 is 0 Å². The van der Waals surface area contributed by atoms with Crippen LogP contribution in [0.25, 0.3) is 20.7 Å². The molecule has 0 atom stereocenters. The lowest BCUT2D eigenvalue weighted by atomic mass is 10.0. The molecule has 30 heavy (non-hydrogen) atoms. The number of aryl methyl sites for hydroxylation is 2. The van der Waals surface area contributed by atoms with Gasteiger partial charge < -0.3 is 4.74 Å². The highest BCUT2D eigenvalue weighted by Gasteiger charge is 2.19. The first-order valence-corrected chi connectivity index (χ1v) is 11.4. The molecule has 0 saturated carbocycles. The molecular formula is C23H22N2O3S2. The van der Waals surface area contributed by atoms with Crippen molar-refractivity contribution in [3.63, 3.8) is 0 Å². The molecule has 0 unspecified atom stereocenters. The van der Waals surface area contributed by atoms with Crippen LogP contribution in [0, 0.1) is 13.8 Å². The zero-order chi connectivity index (χ0) is 21.3. The Morgan fingerprint density at radius 3 is 2.70 bits per heavy atom. The number of hydrogen-bond acceptors (Lipinski definition) is 6. The third-order valence-electron chi connectivity index (χ3n) is 5.22. The third-order valence-corrected chi connectivity index (χ3v) is 7.00. The Balaban J connectivity index is 1.82. The summed E-state index contributed by atoms with van der Waals surface area (Å²) in [6, 6.07) is 9.59. The van der Waals surface area contributed by atoms with Crippen LogP contribution in [0.5, 0.6) is 0 Å². The van der Waals surface area contributed by atoms with Gasteiger partial charge in [-0.2, -0.15) is 0 Å². The van der Waals surface area contributed by atoms with Crippen LogP contribution < -0.4 is 5.56 Å². The summed E-state index contributed by atoms with van der Waals surface area (Å²) in [7, 11) is 1.61. The smallest absolute Gasteiger partial charge is 0.263 e. The largest absolute Gasteiger partial charge is 0.384 e. The van der Waals surface area contributed by atoms with Gasteiger partial charge in [-0.05, 0) is 42.5 Å². The molecule has 0 N–H and O–H groups in total. The highest BCUT2D eigenvalue weighted by molar-refractivity contribution is 7.18.